The Morgan fingerprint density at radius 1 is 1.41 bits per heavy atom. The summed E-state index contributed by atoms with van der Waals surface area (Å²) in [7, 11) is 1.64. The number of carbonyl (C=O) groups excluding carboxylic acids is 1. The first-order chi connectivity index (χ1) is 8.13. The molecule has 17 heavy (non-hydrogen) atoms. The van der Waals surface area contributed by atoms with Gasteiger partial charge >= 0.3 is 0 Å². The van der Waals surface area contributed by atoms with E-state index in [0.717, 1.165) is 24.2 Å². The maximum absolute atomic E-state index is 11.8. The van der Waals surface area contributed by atoms with E-state index in [-0.39, 0.29) is 5.91 Å². The lowest BCUT2D eigenvalue weighted by Gasteiger charge is -2.17. The van der Waals surface area contributed by atoms with Crippen molar-refractivity contribution in [3.63, 3.8) is 0 Å². The van der Waals surface area contributed by atoms with Crippen LogP contribution in [0.5, 0.6) is 5.75 Å². The summed E-state index contributed by atoms with van der Waals surface area (Å²) in [5.74, 6) is 1.04. The Labute approximate surface area is 102 Å². The van der Waals surface area contributed by atoms with E-state index in [2.05, 4.69) is 19.2 Å². The molecule has 1 aliphatic carbocycles. The molecule has 1 amide bonds. The van der Waals surface area contributed by atoms with E-state index in [1.165, 1.54) is 0 Å². The first-order valence-corrected chi connectivity index (χ1v) is 6.15. The number of benzene rings is 1. The minimum absolute atomic E-state index is 0.0804. The summed E-state index contributed by atoms with van der Waals surface area (Å²) in [6.07, 6.45) is 2.50. The SMILES string of the molecule is CNC(=O)c1cccc(C(C)C)c1OC1CC1. The van der Waals surface area contributed by atoms with Crippen molar-refractivity contribution in [2.75, 3.05) is 7.05 Å². The van der Waals surface area contributed by atoms with Crippen molar-refractivity contribution >= 4 is 5.91 Å². The molecule has 1 saturated carbocycles. The third-order valence-electron chi connectivity index (χ3n) is 2.95. The molecule has 0 saturated heterocycles. The van der Waals surface area contributed by atoms with Crippen molar-refractivity contribution in [1.82, 2.24) is 5.32 Å². The average Bonchev–Trinajstić information content (AvgIpc) is 3.12. The highest BCUT2D eigenvalue weighted by atomic mass is 16.5. The Hall–Kier alpha value is -1.51. The Morgan fingerprint density at radius 3 is 2.65 bits per heavy atom. The third-order valence-corrected chi connectivity index (χ3v) is 2.95. The molecule has 2 rings (SSSR count). The molecule has 92 valence electrons. The molecule has 0 heterocycles. The lowest BCUT2D eigenvalue weighted by atomic mass is 9.98. The molecule has 0 bridgehead atoms. The van der Waals surface area contributed by atoms with E-state index in [1.54, 1.807) is 7.05 Å². The molecule has 0 aromatic heterocycles. The van der Waals surface area contributed by atoms with E-state index >= 15 is 0 Å². The standard InChI is InChI=1S/C14H19NO2/c1-9(2)11-5-4-6-12(14(16)15-3)13(11)17-10-7-8-10/h4-6,9-10H,7-8H2,1-3H3,(H,15,16). The van der Waals surface area contributed by atoms with Crippen LogP contribution in [0.2, 0.25) is 0 Å². The lowest BCUT2D eigenvalue weighted by Crippen LogP contribution is -2.20. The Balaban J connectivity index is 2.41. The number of hydrogen-bond acceptors (Lipinski definition) is 2. The van der Waals surface area contributed by atoms with Crippen LogP contribution >= 0.6 is 0 Å². The van der Waals surface area contributed by atoms with Crippen LogP contribution in [-0.2, 0) is 0 Å². The zero-order chi connectivity index (χ0) is 12.4. The number of para-hydroxylation sites is 1. The fourth-order valence-electron chi connectivity index (χ4n) is 1.81. The summed E-state index contributed by atoms with van der Waals surface area (Å²) in [6, 6.07) is 5.77. The van der Waals surface area contributed by atoms with Gasteiger partial charge in [0, 0.05) is 7.05 Å². The lowest BCUT2D eigenvalue weighted by molar-refractivity contribution is 0.0958. The Bertz CT molecular complexity index is 422. The fourth-order valence-corrected chi connectivity index (χ4v) is 1.81. The fraction of sp³-hybridized carbons (Fsp3) is 0.500. The molecule has 1 N–H and O–H groups in total. The van der Waals surface area contributed by atoms with Gasteiger partial charge in [-0.2, -0.15) is 0 Å². The maximum Gasteiger partial charge on any atom is 0.254 e. The molecular weight excluding hydrogens is 214 g/mol. The van der Waals surface area contributed by atoms with E-state index in [9.17, 15) is 4.79 Å². The van der Waals surface area contributed by atoms with Gasteiger partial charge in [0.2, 0.25) is 0 Å². The van der Waals surface area contributed by atoms with Crippen molar-refractivity contribution in [3.05, 3.63) is 29.3 Å². The van der Waals surface area contributed by atoms with Crippen LogP contribution in [0.1, 0.15) is 48.5 Å². The molecule has 0 spiro atoms. The largest absolute Gasteiger partial charge is 0.489 e. The predicted molar refractivity (Wildman–Crippen MR) is 67.6 cm³/mol. The van der Waals surface area contributed by atoms with Gasteiger partial charge in [-0.05, 0) is 30.4 Å². The average molecular weight is 233 g/mol. The smallest absolute Gasteiger partial charge is 0.254 e. The van der Waals surface area contributed by atoms with E-state index in [4.69, 9.17) is 4.74 Å². The minimum Gasteiger partial charge on any atom is -0.489 e. The molecule has 1 fully saturated rings. The molecular formula is C14H19NO2. The van der Waals surface area contributed by atoms with Crippen LogP contribution in [0.15, 0.2) is 18.2 Å². The van der Waals surface area contributed by atoms with Crippen LogP contribution in [0, 0.1) is 0 Å². The van der Waals surface area contributed by atoms with Crippen molar-refractivity contribution in [2.45, 2.75) is 38.7 Å². The van der Waals surface area contributed by atoms with Gasteiger partial charge in [-0.3, -0.25) is 4.79 Å². The molecule has 3 heteroatoms. The van der Waals surface area contributed by atoms with Gasteiger partial charge < -0.3 is 10.1 Å². The number of amides is 1. The Morgan fingerprint density at radius 2 is 2.12 bits per heavy atom. The predicted octanol–water partition coefficient (Wildman–Crippen LogP) is 2.71. The summed E-state index contributed by atoms with van der Waals surface area (Å²) in [5, 5.41) is 2.66. The molecule has 0 radical (unpaired) electrons. The highest BCUT2D eigenvalue weighted by Gasteiger charge is 2.27. The zero-order valence-corrected chi connectivity index (χ0v) is 10.6. The monoisotopic (exact) mass is 233 g/mol. The quantitative estimate of drug-likeness (QED) is 0.868. The first-order valence-electron chi connectivity index (χ1n) is 6.15. The van der Waals surface area contributed by atoms with Gasteiger partial charge in [-0.1, -0.05) is 26.0 Å². The van der Waals surface area contributed by atoms with Crippen molar-refractivity contribution in [3.8, 4) is 5.75 Å². The van der Waals surface area contributed by atoms with Gasteiger partial charge in [0.05, 0.1) is 11.7 Å². The molecule has 0 atom stereocenters. The Kier molecular flexibility index (Phi) is 3.36. The van der Waals surface area contributed by atoms with Gasteiger partial charge in [-0.25, -0.2) is 0 Å². The zero-order valence-electron chi connectivity index (χ0n) is 10.6. The van der Waals surface area contributed by atoms with Crippen LogP contribution < -0.4 is 10.1 Å². The molecule has 1 aliphatic rings. The van der Waals surface area contributed by atoms with Crippen LogP contribution in [0.4, 0.5) is 0 Å². The highest BCUT2D eigenvalue weighted by Crippen LogP contribution is 2.35. The normalized spacial score (nSPS) is 14.8. The first kappa shape index (κ1) is 12.0. The van der Waals surface area contributed by atoms with Gasteiger partial charge in [0.15, 0.2) is 0 Å². The topological polar surface area (TPSA) is 38.3 Å². The second-order valence-electron chi connectivity index (χ2n) is 4.77. The van der Waals surface area contributed by atoms with Gasteiger partial charge in [0.25, 0.3) is 5.91 Å². The van der Waals surface area contributed by atoms with E-state index < -0.39 is 0 Å². The molecule has 3 nitrogen and oxygen atoms in total. The second-order valence-corrected chi connectivity index (χ2v) is 4.77. The molecule has 0 unspecified atom stereocenters. The second kappa shape index (κ2) is 4.78. The molecule has 1 aromatic rings. The highest BCUT2D eigenvalue weighted by molar-refractivity contribution is 5.97. The number of hydrogen-bond donors (Lipinski definition) is 1. The van der Waals surface area contributed by atoms with Crippen molar-refractivity contribution in [2.24, 2.45) is 0 Å². The summed E-state index contributed by atoms with van der Waals surface area (Å²) in [6.45, 7) is 4.23. The number of carbonyl (C=O) groups is 1. The summed E-state index contributed by atoms with van der Waals surface area (Å²) >= 11 is 0. The van der Waals surface area contributed by atoms with Crippen LogP contribution in [-0.4, -0.2) is 19.1 Å². The van der Waals surface area contributed by atoms with Crippen LogP contribution in [0.25, 0.3) is 0 Å². The van der Waals surface area contributed by atoms with Gasteiger partial charge in [-0.15, -0.1) is 0 Å². The maximum atomic E-state index is 11.8. The summed E-state index contributed by atoms with van der Waals surface area (Å²) in [4.78, 5) is 11.8. The minimum atomic E-state index is -0.0804. The number of rotatable bonds is 4. The van der Waals surface area contributed by atoms with Crippen LogP contribution in [0.3, 0.4) is 0 Å². The van der Waals surface area contributed by atoms with E-state index in [1.807, 2.05) is 18.2 Å². The molecule has 0 aliphatic heterocycles. The van der Waals surface area contributed by atoms with E-state index in [0.29, 0.717) is 17.6 Å². The third kappa shape index (κ3) is 2.60. The summed E-state index contributed by atoms with van der Waals surface area (Å²) < 4.78 is 5.91. The number of ether oxygens (including phenoxy) is 1. The summed E-state index contributed by atoms with van der Waals surface area (Å²) in [5.41, 5.74) is 1.75. The van der Waals surface area contributed by atoms with Crippen molar-refractivity contribution in [1.29, 1.82) is 0 Å². The number of nitrogens with one attached hydrogen (secondary N) is 1. The van der Waals surface area contributed by atoms with Crippen molar-refractivity contribution < 1.29 is 9.53 Å². The van der Waals surface area contributed by atoms with Gasteiger partial charge in [0.1, 0.15) is 5.75 Å². The molecule has 1 aromatic carbocycles.